The van der Waals surface area contributed by atoms with E-state index < -0.39 is 10.0 Å². The molecule has 1 saturated heterocycles. The predicted octanol–water partition coefficient (Wildman–Crippen LogP) is 2.08. The van der Waals surface area contributed by atoms with Gasteiger partial charge in [-0.3, -0.25) is 0 Å². The minimum Gasteiger partial charge on any atom is -0.459 e. The summed E-state index contributed by atoms with van der Waals surface area (Å²) >= 11 is 1.30. The number of aromatic nitrogens is 2. The largest absolute Gasteiger partial charge is 0.459 e. The van der Waals surface area contributed by atoms with Crippen LogP contribution in [0.1, 0.15) is 17.7 Å². The third-order valence-electron chi connectivity index (χ3n) is 3.46. The van der Waals surface area contributed by atoms with E-state index in [1.165, 1.54) is 15.6 Å². The summed E-state index contributed by atoms with van der Waals surface area (Å²) in [7, 11) is -3.44. The molecule has 2 aromatic rings. The summed E-state index contributed by atoms with van der Waals surface area (Å²) in [5, 5.41) is 0. The van der Waals surface area contributed by atoms with Crippen LogP contribution in [0.4, 0.5) is 0 Å². The number of nitrogens with zero attached hydrogens (tertiary/aromatic N) is 3. The zero-order valence-corrected chi connectivity index (χ0v) is 13.8. The van der Waals surface area contributed by atoms with Gasteiger partial charge in [0.1, 0.15) is 10.3 Å². The molecule has 1 fully saturated rings. The van der Waals surface area contributed by atoms with E-state index >= 15 is 0 Å². The van der Waals surface area contributed by atoms with E-state index in [2.05, 4.69) is 9.97 Å². The average molecular weight is 339 g/mol. The number of hydrogen-bond donors (Lipinski definition) is 0. The van der Waals surface area contributed by atoms with E-state index in [9.17, 15) is 8.42 Å². The first-order valence-corrected chi connectivity index (χ1v) is 9.31. The molecule has 0 N–H and O–H groups in total. The monoisotopic (exact) mass is 339 g/mol. The Labute approximate surface area is 133 Å². The van der Waals surface area contributed by atoms with E-state index in [0.29, 0.717) is 23.3 Å². The van der Waals surface area contributed by atoms with Gasteiger partial charge in [0.25, 0.3) is 10.0 Å². The Morgan fingerprint density at radius 2 is 2.09 bits per heavy atom. The maximum atomic E-state index is 12.6. The van der Waals surface area contributed by atoms with E-state index in [1.807, 2.05) is 13.0 Å². The average Bonchev–Trinajstić information content (AvgIpc) is 2.96. The van der Waals surface area contributed by atoms with Crippen molar-refractivity contribution >= 4 is 21.4 Å². The summed E-state index contributed by atoms with van der Waals surface area (Å²) in [5.41, 5.74) is 0. The molecule has 1 aliphatic heterocycles. The van der Waals surface area contributed by atoms with Gasteiger partial charge in [-0.05, 0) is 38.0 Å². The second-order valence-electron chi connectivity index (χ2n) is 5.14. The number of aryl methyl sites for hydroxylation is 1. The highest BCUT2D eigenvalue weighted by Gasteiger charge is 2.32. The molecule has 0 saturated carbocycles. The van der Waals surface area contributed by atoms with Crippen LogP contribution in [0.15, 0.2) is 34.8 Å². The normalized spacial score (nSPS) is 20.0. The van der Waals surface area contributed by atoms with Gasteiger partial charge < -0.3 is 4.74 Å². The molecule has 8 heteroatoms. The van der Waals surface area contributed by atoms with Crippen molar-refractivity contribution in [3.63, 3.8) is 0 Å². The van der Waals surface area contributed by atoms with Crippen molar-refractivity contribution in [3.05, 3.63) is 35.5 Å². The van der Waals surface area contributed by atoms with Crippen LogP contribution in [0.3, 0.4) is 0 Å². The third kappa shape index (κ3) is 3.29. The molecule has 1 atom stereocenters. The molecule has 0 radical (unpaired) electrons. The number of hydrogen-bond acceptors (Lipinski definition) is 6. The number of sulfonamides is 1. The lowest BCUT2D eigenvalue weighted by Crippen LogP contribution is -2.44. The molecule has 3 heterocycles. The molecule has 0 spiro atoms. The van der Waals surface area contributed by atoms with Crippen LogP contribution < -0.4 is 4.74 Å². The molecule has 3 rings (SSSR count). The van der Waals surface area contributed by atoms with E-state index in [-0.39, 0.29) is 6.10 Å². The second-order valence-corrected chi connectivity index (χ2v) is 8.59. The van der Waals surface area contributed by atoms with E-state index in [1.54, 1.807) is 24.5 Å². The van der Waals surface area contributed by atoms with Crippen molar-refractivity contribution in [3.8, 4) is 6.01 Å². The van der Waals surface area contributed by atoms with Crippen LogP contribution in [-0.4, -0.2) is 41.9 Å². The molecule has 0 bridgehead atoms. The highest BCUT2D eigenvalue weighted by molar-refractivity contribution is 7.91. The Morgan fingerprint density at radius 3 is 2.77 bits per heavy atom. The van der Waals surface area contributed by atoms with Gasteiger partial charge in [0, 0.05) is 23.8 Å². The van der Waals surface area contributed by atoms with Crippen molar-refractivity contribution in [1.29, 1.82) is 0 Å². The molecule has 118 valence electrons. The third-order valence-corrected chi connectivity index (χ3v) is 6.80. The Hall–Kier alpha value is -1.51. The summed E-state index contributed by atoms with van der Waals surface area (Å²) in [6.45, 7) is 2.75. The van der Waals surface area contributed by atoms with Crippen LogP contribution in [0.2, 0.25) is 0 Å². The highest BCUT2D eigenvalue weighted by Crippen LogP contribution is 2.27. The minimum absolute atomic E-state index is 0.216. The summed E-state index contributed by atoms with van der Waals surface area (Å²) in [4.78, 5) is 9.03. The minimum atomic E-state index is -3.44. The number of thiophene rings is 1. The number of rotatable bonds is 4. The second kappa shape index (κ2) is 6.31. The molecule has 6 nitrogen and oxygen atoms in total. The molecular weight excluding hydrogens is 322 g/mol. The molecule has 1 unspecified atom stereocenters. The van der Waals surface area contributed by atoms with Crippen molar-refractivity contribution < 1.29 is 13.2 Å². The van der Waals surface area contributed by atoms with E-state index in [4.69, 9.17) is 4.74 Å². The van der Waals surface area contributed by atoms with Gasteiger partial charge >= 0.3 is 6.01 Å². The summed E-state index contributed by atoms with van der Waals surface area (Å²) in [6, 6.07) is 5.50. The fourth-order valence-electron chi connectivity index (χ4n) is 2.39. The summed E-state index contributed by atoms with van der Waals surface area (Å²) in [6.07, 6.45) is 4.56. The molecule has 2 aromatic heterocycles. The van der Waals surface area contributed by atoms with Gasteiger partial charge in [0.05, 0.1) is 6.54 Å². The van der Waals surface area contributed by atoms with Gasteiger partial charge in [-0.15, -0.1) is 11.3 Å². The lowest BCUT2D eigenvalue weighted by molar-refractivity contribution is 0.119. The molecule has 22 heavy (non-hydrogen) atoms. The van der Waals surface area contributed by atoms with E-state index in [0.717, 1.165) is 17.7 Å². The Kier molecular flexibility index (Phi) is 4.42. The van der Waals surface area contributed by atoms with Crippen molar-refractivity contribution in [2.24, 2.45) is 0 Å². The lowest BCUT2D eigenvalue weighted by atomic mass is 10.1. The molecule has 1 aliphatic rings. The zero-order valence-electron chi connectivity index (χ0n) is 12.2. The first-order chi connectivity index (χ1) is 10.6. The lowest BCUT2D eigenvalue weighted by Gasteiger charge is -2.31. The quantitative estimate of drug-likeness (QED) is 0.853. The topological polar surface area (TPSA) is 72.4 Å². The van der Waals surface area contributed by atoms with Crippen molar-refractivity contribution in [1.82, 2.24) is 14.3 Å². The van der Waals surface area contributed by atoms with Crippen molar-refractivity contribution in [2.75, 3.05) is 13.1 Å². The first-order valence-electron chi connectivity index (χ1n) is 7.06. The van der Waals surface area contributed by atoms with Gasteiger partial charge in [-0.25, -0.2) is 18.4 Å². The predicted molar refractivity (Wildman–Crippen MR) is 83.5 cm³/mol. The first kappa shape index (κ1) is 15.4. The Balaban J connectivity index is 1.73. The maximum Gasteiger partial charge on any atom is 0.316 e. The molecule has 0 amide bonds. The Morgan fingerprint density at radius 1 is 1.32 bits per heavy atom. The highest BCUT2D eigenvalue weighted by atomic mass is 32.2. The molecular formula is C14H17N3O3S2. The van der Waals surface area contributed by atoms with Crippen LogP contribution in [0.5, 0.6) is 6.01 Å². The van der Waals surface area contributed by atoms with Gasteiger partial charge in [-0.2, -0.15) is 4.31 Å². The maximum absolute atomic E-state index is 12.6. The molecule has 0 aromatic carbocycles. The van der Waals surface area contributed by atoms with Crippen LogP contribution in [0, 0.1) is 6.92 Å². The number of piperidine rings is 1. The fraction of sp³-hybridized carbons (Fsp3) is 0.429. The van der Waals surface area contributed by atoms with Gasteiger partial charge in [0.15, 0.2) is 0 Å². The molecule has 0 aliphatic carbocycles. The van der Waals surface area contributed by atoms with Crippen LogP contribution >= 0.6 is 11.3 Å². The Bertz CT molecular complexity index is 731. The SMILES string of the molecule is Cc1ccc(S(=O)(=O)N2CCCC(Oc3ncccn3)C2)s1. The fourth-order valence-corrected chi connectivity index (χ4v) is 5.34. The standard InChI is InChI=1S/C14H17N3O3S2/c1-11-5-6-13(21-11)22(18,19)17-9-2-4-12(10-17)20-14-15-7-3-8-16-14/h3,5-8,12H,2,4,9-10H2,1H3. The number of ether oxygens (including phenoxy) is 1. The zero-order chi connectivity index (χ0) is 15.6. The van der Waals surface area contributed by atoms with Gasteiger partial charge in [0.2, 0.25) is 0 Å². The van der Waals surface area contributed by atoms with Crippen LogP contribution in [-0.2, 0) is 10.0 Å². The summed E-state index contributed by atoms with van der Waals surface area (Å²) in [5.74, 6) is 0. The summed E-state index contributed by atoms with van der Waals surface area (Å²) < 4.78 is 32.9. The van der Waals surface area contributed by atoms with Crippen molar-refractivity contribution in [2.45, 2.75) is 30.1 Å². The van der Waals surface area contributed by atoms with Crippen LogP contribution in [0.25, 0.3) is 0 Å². The van der Waals surface area contributed by atoms with Gasteiger partial charge in [-0.1, -0.05) is 0 Å². The smallest absolute Gasteiger partial charge is 0.316 e.